The number of aryl methyl sites for hydroxylation is 1. The van der Waals surface area contributed by atoms with Crippen LogP contribution in [0.4, 0.5) is 4.39 Å². The highest BCUT2D eigenvalue weighted by molar-refractivity contribution is 6.39. The fourth-order valence-corrected chi connectivity index (χ4v) is 3.89. The number of aliphatic hydroxyl groups excluding tert-OH is 1. The van der Waals surface area contributed by atoms with E-state index >= 15 is 0 Å². The maximum Gasteiger partial charge on any atom is 0.328 e. The SMILES string of the molecule is C#CN=C(NCCF)NC[C@H](NC(=O)c1c(Cl)cc(CCC(O)c2cccc(O)c2)cc1Cl)C(=O)O. The number of benzene rings is 2. The summed E-state index contributed by atoms with van der Waals surface area (Å²) in [6.07, 6.45) is 4.91. The lowest BCUT2D eigenvalue weighted by molar-refractivity contribution is -0.139. The van der Waals surface area contributed by atoms with Crippen LogP contribution in [-0.2, 0) is 11.2 Å². The summed E-state index contributed by atoms with van der Waals surface area (Å²) in [5.41, 5.74) is 1.08. The molecule has 0 fully saturated rings. The Hall–Kier alpha value is -3.52. The van der Waals surface area contributed by atoms with E-state index < -0.39 is 30.7 Å². The van der Waals surface area contributed by atoms with Crippen LogP contribution in [0.1, 0.15) is 34.0 Å². The monoisotopic (exact) mass is 538 g/mol. The van der Waals surface area contributed by atoms with Crippen LogP contribution in [0.2, 0.25) is 10.0 Å². The molecule has 0 aromatic heterocycles. The molecule has 36 heavy (non-hydrogen) atoms. The van der Waals surface area contributed by atoms with Gasteiger partial charge in [-0.05, 0) is 48.2 Å². The summed E-state index contributed by atoms with van der Waals surface area (Å²) >= 11 is 12.6. The van der Waals surface area contributed by atoms with Crippen LogP contribution >= 0.6 is 23.2 Å². The number of phenols is 1. The Morgan fingerprint density at radius 1 is 1.17 bits per heavy atom. The van der Waals surface area contributed by atoms with Crippen LogP contribution in [0.15, 0.2) is 41.4 Å². The first kappa shape index (κ1) is 28.7. The number of halogens is 3. The van der Waals surface area contributed by atoms with Crippen LogP contribution in [0.3, 0.4) is 0 Å². The third-order valence-electron chi connectivity index (χ3n) is 4.93. The van der Waals surface area contributed by atoms with E-state index in [0.29, 0.717) is 24.0 Å². The van der Waals surface area contributed by atoms with Crippen molar-refractivity contribution in [2.24, 2.45) is 4.99 Å². The van der Waals surface area contributed by atoms with Crippen molar-refractivity contribution in [1.82, 2.24) is 16.0 Å². The lowest BCUT2D eigenvalue weighted by Gasteiger charge is -2.18. The number of alkyl halides is 1. The molecule has 1 unspecified atom stereocenters. The van der Waals surface area contributed by atoms with Gasteiger partial charge in [-0.15, -0.1) is 0 Å². The minimum Gasteiger partial charge on any atom is -0.508 e. The van der Waals surface area contributed by atoms with Crippen molar-refractivity contribution in [2.75, 3.05) is 19.8 Å². The molecular formula is C24H25Cl2FN4O5. The molecule has 2 atom stereocenters. The third kappa shape index (κ3) is 8.61. The molecule has 0 bridgehead atoms. The zero-order chi connectivity index (χ0) is 26.7. The summed E-state index contributed by atoms with van der Waals surface area (Å²) in [5.74, 6) is -2.16. The van der Waals surface area contributed by atoms with Gasteiger partial charge in [-0.3, -0.25) is 4.79 Å². The molecule has 0 aliphatic carbocycles. The van der Waals surface area contributed by atoms with Gasteiger partial charge >= 0.3 is 5.97 Å². The number of aliphatic imine (C=N–C) groups is 1. The lowest BCUT2D eigenvalue weighted by Crippen LogP contribution is -2.51. The summed E-state index contributed by atoms with van der Waals surface area (Å²) in [4.78, 5) is 28.0. The molecule has 2 aromatic rings. The maximum absolute atomic E-state index is 12.8. The van der Waals surface area contributed by atoms with Crippen molar-refractivity contribution in [3.63, 3.8) is 0 Å². The maximum atomic E-state index is 12.8. The Kier molecular flexibility index (Phi) is 11.3. The highest BCUT2D eigenvalue weighted by Crippen LogP contribution is 2.29. The molecule has 0 spiro atoms. The first-order valence-corrected chi connectivity index (χ1v) is 11.5. The summed E-state index contributed by atoms with van der Waals surface area (Å²) in [5, 5.41) is 36.9. The van der Waals surface area contributed by atoms with Crippen LogP contribution in [-0.4, -0.2) is 59.0 Å². The van der Waals surface area contributed by atoms with Crippen molar-refractivity contribution < 1.29 is 29.3 Å². The predicted octanol–water partition coefficient (Wildman–Crippen LogP) is 2.64. The summed E-state index contributed by atoms with van der Waals surface area (Å²) in [6.45, 7) is -1.12. The van der Waals surface area contributed by atoms with E-state index in [0.717, 1.165) is 0 Å². The molecule has 1 amide bonds. The van der Waals surface area contributed by atoms with Crippen LogP contribution in [0.25, 0.3) is 0 Å². The molecule has 0 radical (unpaired) electrons. The zero-order valence-electron chi connectivity index (χ0n) is 19.0. The van der Waals surface area contributed by atoms with E-state index in [1.54, 1.807) is 12.1 Å². The molecular weight excluding hydrogens is 514 g/mol. The Balaban J connectivity index is 2.07. The Morgan fingerprint density at radius 2 is 1.86 bits per heavy atom. The number of nitrogens with one attached hydrogen (secondary N) is 3. The van der Waals surface area contributed by atoms with Gasteiger partial charge in [0.15, 0.2) is 0 Å². The van der Waals surface area contributed by atoms with Crippen molar-refractivity contribution in [3.05, 3.63) is 63.1 Å². The van der Waals surface area contributed by atoms with Crippen LogP contribution in [0.5, 0.6) is 5.75 Å². The molecule has 0 heterocycles. The van der Waals surface area contributed by atoms with Crippen LogP contribution < -0.4 is 16.0 Å². The average Bonchev–Trinajstić information content (AvgIpc) is 2.82. The van der Waals surface area contributed by atoms with E-state index in [9.17, 15) is 29.3 Å². The predicted molar refractivity (Wildman–Crippen MR) is 135 cm³/mol. The molecule has 12 heteroatoms. The topological polar surface area (TPSA) is 143 Å². The summed E-state index contributed by atoms with van der Waals surface area (Å²) in [6, 6.07) is 9.85. The number of hydrogen-bond donors (Lipinski definition) is 6. The fourth-order valence-electron chi connectivity index (χ4n) is 3.19. The number of phenolic OH excluding ortho intramolecular Hbond substituents is 1. The molecule has 0 aliphatic rings. The van der Waals surface area contributed by atoms with E-state index in [-0.39, 0.29) is 40.4 Å². The number of amides is 1. The van der Waals surface area contributed by atoms with Gasteiger partial charge < -0.3 is 31.3 Å². The number of carbonyl (C=O) groups excluding carboxylic acids is 1. The van der Waals surface area contributed by atoms with Gasteiger partial charge in [0.1, 0.15) is 18.5 Å². The first-order valence-electron chi connectivity index (χ1n) is 10.7. The molecule has 0 saturated heterocycles. The molecule has 9 nitrogen and oxygen atoms in total. The Labute approximate surface area is 217 Å². The fraction of sp³-hybridized carbons (Fsp3) is 0.292. The molecule has 0 saturated carbocycles. The highest BCUT2D eigenvalue weighted by Gasteiger charge is 2.24. The van der Waals surface area contributed by atoms with Gasteiger partial charge in [-0.25, -0.2) is 9.18 Å². The molecule has 0 aliphatic heterocycles. The number of carboxylic acid groups (broad SMARTS) is 1. The van der Waals surface area contributed by atoms with Gasteiger partial charge in [0.05, 0.1) is 21.7 Å². The first-order chi connectivity index (χ1) is 17.2. The van der Waals surface area contributed by atoms with Crippen molar-refractivity contribution in [3.8, 4) is 18.2 Å². The third-order valence-corrected chi connectivity index (χ3v) is 5.53. The quantitative estimate of drug-likeness (QED) is 0.146. The number of rotatable bonds is 11. The summed E-state index contributed by atoms with van der Waals surface area (Å²) in [7, 11) is 0. The summed E-state index contributed by atoms with van der Waals surface area (Å²) < 4.78 is 12.4. The van der Waals surface area contributed by atoms with E-state index in [1.165, 1.54) is 24.3 Å². The number of aliphatic carboxylic acids is 1. The molecule has 192 valence electrons. The largest absolute Gasteiger partial charge is 0.508 e. The second-order valence-corrected chi connectivity index (χ2v) is 8.35. The van der Waals surface area contributed by atoms with Gasteiger partial charge in [-0.1, -0.05) is 41.8 Å². The zero-order valence-corrected chi connectivity index (χ0v) is 20.5. The lowest BCUT2D eigenvalue weighted by atomic mass is 10.00. The number of aliphatic hydroxyl groups is 1. The average molecular weight is 539 g/mol. The van der Waals surface area contributed by atoms with Gasteiger partial charge in [-0.2, -0.15) is 4.99 Å². The smallest absolute Gasteiger partial charge is 0.328 e. The van der Waals surface area contributed by atoms with Crippen molar-refractivity contribution in [1.29, 1.82) is 0 Å². The van der Waals surface area contributed by atoms with Crippen LogP contribution in [0, 0.1) is 12.5 Å². The standard InChI is InChI=1S/C24H25Cl2FN4O5/c1-2-28-24(29-9-8-27)30-13-19(23(35)36)31-22(34)21-17(25)10-14(11-18(21)26)6-7-20(33)15-4-3-5-16(32)12-15/h1,3-5,10-12,19-20,32-33H,6-9,13H2,(H,31,34)(H,35,36)(H2,28,29,30)/t19-,20?/m0/s1. The second kappa shape index (κ2) is 14.1. The van der Waals surface area contributed by atoms with Crippen molar-refractivity contribution >= 4 is 41.0 Å². The van der Waals surface area contributed by atoms with E-state index in [1.807, 2.05) is 6.04 Å². The number of hydrogen-bond acceptors (Lipinski definition) is 5. The number of terminal acetylenes is 1. The van der Waals surface area contributed by atoms with Gasteiger partial charge in [0.2, 0.25) is 5.96 Å². The number of carboxylic acids is 1. The minimum atomic E-state index is -1.42. The second-order valence-electron chi connectivity index (χ2n) is 7.53. The van der Waals surface area contributed by atoms with Crippen molar-refractivity contribution in [2.45, 2.75) is 25.0 Å². The Bertz CT molecular complexity index is 1130. The number of guanidine groups is 1. The number of carbonyl (C=O) groups is 2. The normalized spacial score (nSPS) is 12.8. The minimum absolute atomic E-state index is 0.00172. The van der Waals surface area contributed by atoms with Gasteiger partial charge in [0.25, 0.3) is 5.91 Å². The molecule has 6 N–H and O–H groups in total. The molecule has 2 rings (SSSR count). The molecule has 2 aromatic carbocycles. The van der Waals surface area contributed by atoms with E-state index in [4.69, 9.17) is 29.6 Å². The number of nitrogens with zero attached hydrogens (tertiary/aromatic N) is 1. The highest BCUT2D eigenvalue weighted by atomic mass is 35.5. The number of aromatic hydroxyl groups is 1. The van der Waals surface area contributed by atoms with E-state index in [2.05, 4.69) is 20.9 Å². The Morgan fingerprint density at radius 3 is 2.44 bits per heavy atom. The van der Waals surface area contributed by atoms with Gasteiger partial charge in [0, 0.05) is 19.1 Å².